The molecule has 2 aliphatic rings. The van der Waals surface area contributed by atoms with E-state index in [1.54, 1.807) is 0 Å². The van der Waals surface area contributed by atoms with E-state index >= 15 is 0 Å². The van der Waals surface area contributed by atoms with Gasteiger partial charge >= 0.3 is 0 Å². The predicted octanol–water partition coefficient (Wildman–Crippen LogP) is 5.91. The highest BCUT2D eigenvalue weighted by molar-refractivity contribution is 6.28. The molecule has 0 aromatic heterocycles. The number of rotatable bonds is 1. The van der Waals surface area contributed by atoms with E-state index in [1.807, 2.05) is 6.07 Å². The SMILES string of the molecule is CC1=Nc2ccccc2/C1=C/C=C1\N(C)c2ccccc2C1(C)C.Cl. The third kappa shape index (κ3) is 2.61. The zero-order valence-electron chi connectivity index (χ0n) is 15.1. The number of anilines is 1. The van der Waals surface area contributed by atoms with E-state index in [9.17, 15) is 0 Å². The monoisotopic (exact) mass is 350 g/mol. The number of hydrogen-bond acceptors (Lipinski definition) is 2. The van der Waals surface area contributed by atoms with Crippen LogP contribution in [0.4, 0.5) is 11.4 Å². The molecule has 0 radical (unpaired) electrons. The Morgan fingerprint density at radius 1 is 0.960 bits per heavy atom. The lowest BCUT2D eigenvalue weighted by Crippen LogP contribution is -2.22. The molecular formula is C22H23ClN2. The fraction of sp³-hybridized carbons (Fsp3) is 0.227. The lowest BCUT2D eigenvalue weighted by Gasteiger charge is -2.23. The van der Waals surface area contributed by atoms with E-state index in [2.05, 4.69) is 92.3 Å². The second-order valence-electron chi connectivity index (χ2n) is 7.05. The van der Waals surface area contributed by atoms with E-state index in [0.717, 1.165) is 11.4 Å². The third-order valence-corrected chi connectivity index (χ3v) is 5.22. The summed E-state index contributed by atoms with van der Waals surface area (Å²) in [6.07, 6.45) is 4.49. The van der Waals surface area contributed by atoms with Gasteiger partial charge in [0.05, 0.1) is 5.69 Å². The van der Waals surface area contributed by atoms with Crippen molar-refractivity contribution in [2.24, 2.45) is 4.99 Å². The lowest BCUT2D eigenvalue weighted by atomic mass is 9.83. The highest BCUT2D eigenvalue weighted by atomic mass is 35.5. The van der Waals surface area contributed by atoms with Crippen molar-refractivity contribution in [3.63, 3.8) is 0 Å². The fourth-order valence-corrected chi connectivity index (χ4v) is 3.91. The largest absolute Gasteiger partial charge is 0.347 e. The van der Waals surface area contributed by atoms with Gasteiger partial charge in [0.2, 0.25) is 0 Å². The summed E-state index contributed by atoms with van der Waals surface area (Å²) < 4.78 is 0. The summed E-state index contributed by atoms with van der Waals surface area (Å²) in [7, 11) is 2.15. The molecule has 0 saturated heterocycles. The van der Waals surface area contributed by atoms with Crippen LogP contribution in [0.1, 0.15) is 31.9 Å². The van der Waals surface area contributed by atoms with Gasteiger partial charge in [0.1, 0.15) is 0 Å². The highest BCUT2D eigenvalue weighted by Crippen LogP contribution is 2.46. The third-order valence-electron chi connectivity index (χ3n) is 5.22. The first kappa shape index (κ1) is 17.5. The van der Waals surface area contributed by atoms with Gasteiger partial charge in [-0.25, -0.2) is 0 Å². The molecule has 2 heterocycles. The van der Waals surface area contributed by atoms with Crippen LogP contribution >= 0.6 is 12.4 Å². The zero-order valence-corrected chi connectivity index (χ0v) is 15.9. The van der Waals surface area contributed by atoms with Crippen molar-refractivity contribution in [1.29, 1.82) is 0 Å². The molecule has 128 valence electrons. The Morgan fingerprint density at radius 2 is 1.64 bits per heavy atom. The summed E-state index contributed by atoms with van der Waals surface area (Å²) in [6.45, 7) is 6.68. The average Bonchev–Trinajstić information content (AvgIpc) is 2.99. The molecule has 2 aliphatic heterocycles. The predicted molar refractivity (Wildman–Crippen MR) is 110 cm³/mol. The van der Waals surface area contributed by atoms with Crippen molar-refractivity contribution in [3.8, 4) is 0 Å². The van der Waals surface area contributed by atoms with Crippen LogP contribution in [0.5, 0.6) is 0 Å². The van der Waals surface area contributed by atoms with E-state index in [-0.39, 0.29) is 17.8 Å². The van der Waals surface area contributed by atoms with Crippen LogP contribution in [-0.4, -0.2) is 12.8 Å². The molecule has 0 unspecified atom stereocenters. The summed E-state index contributed by atoms with van der Waals surface area (Å²) in [5.74, 6) is 0. The molecule has 4 rings (SSSR count). The minimum atomic E-state index is 0. The Bertz CT molecular complexity index is 919. The van der Waals surface area contributed by atoms with Gasteiger partial charge in [-0.1, -0.05) is 56.3 Å². The van der Waals surface area contributed by atoms with Crippen molar-refractivity contribution >= 4 is 35.1 Å². The summed E-state index contributed by atoms with van der Waals surface area (Å²) in [4.78, 5) is 6.98. The maximum Gasteiger partial charge on any atom is 0.0712 e. The van der Waals surface area contributed by atoms with Gasteiger partial charge in [-0.15, -0.1) is 12.4 Å². The minimum absolute atomic E-state index is 0. The molecule has 0 spiro atoms. The van der Waals surface area contributed by atoms with Gasteiger partial charge in [-0.05, 0) is 30.7 Å². The summed E-state index contributed by atoms with van der Waals surface area (Å²) in [5, 5.41) is 0. The lowest BCUT2D eigenvalue weighted by molar-refractivity contribution is 0.640. The average molecular weight is 351 g/mol. The number of hydrogen-bond donors (Lipinski definition) is 0. The second kappa shape index (κ2) is 6.20. The second-order valence-corrected chi connectivity index (χ2v) is 7.05. The standard InChI is InChI=1S/C22H22N2.ClH/c1-15-16(17-9-5-7-11-19(17)23-15)13-14-21-22(2,3)18-10-6-8-12-20(18)24(21)4;/h5-14H,1-4H3;1H/b16-13+,21-14-;. The molecule has 0 atom stereocenters. The van der Waals surface area contributed by atoms with Gasteiger partial charge in [0.25, 0.3) is 0 Å². The van der Waals surface area contributed by atoms with Crippen molar-refractivity contribution in [2.45, 2.75) is 26.2 Å². The van der Waals surface area contributed by atoms with Crippen LogP contribution in [0.15, 0.2) is 71.4 Å². The first-order valence-corrected chi connectivity index (χ1v) is 8.41. The molecule has 0 N–H and O–H groups in total. The van der Waals surface area contributed by atoms with E-state index in [1.165, 1.54) is 28.1 Å². The van der Waals surface area contributed by atoms with Gasteiger partial charge in [-0.2, -0.15) is 0 Å². The summed E-state index contributed by atoms with van der Waals surface area (Å²) in [5.41, 5.74) is 8.60. The van der Waals surface area contributed by atoms with Crippen molar-refractivity contribution in [3.05, 3.63) is 77.5 Å². The van der Waals surface area contributed by atoms with Crippen LogP contribution in [-0.2, 0) is 5.41 Å². The van der Waals surface area contributed by atoms with Crippen LogP contribution in [0.2, 0.25) is 0 Å². The van der Waals surface area contributed by atoms with Gasteiger partial charge in [0.15, 0.2) is 0 Å². The molecule has 3 heteroatoms. The number of aliphatic imine (C=N–C) groups is 1. The molecule has 2 aromatic rings. The van der Waals surface area contributed by atoms with E-state index < -0.39 is 0 Å². The first-order valence-electron chi connectivity index (χ1n) is 8.41. The Hall–Kier alpha value is -2.32. The molecule has 0 saturated carbocycles. The summed E-state index contributed by atoms with van der Waals surface area (Å²) in [6, 6.07) is 17.0. The Labute approximate surface area is 156 Å². The quantitative estimate of drug-likeness (QED) is 0.624. The topological polar surface area (TPSA) is 15.6 Å². The maximum absolute atomic E-state index is 4.68. The number of nitrogens with zero attached hydrogens (tertiary/aromatic N) is 2. The number of benzene rings is 2. The normalized spacial score (nSPS) is 20.3. The van der Waals surface area contributed by atoms with Crippen LogP contribution < -0.4 is 4.90 Å². The molecule has 2 aromatic carbocycles. The Morgan fingerprint density at radius 3 is 2.40 bits per heavy atom. The van der Waals surface area contributed by atoms with Crippen molar-refractivity contribution < 1.29 is 0 Å². The highest BCUT2D eigenvalue weighted by Gasteiger charge is 2.37. The van der Waals surface area contributed by atoms with Crippen LogP contribution in [0.25, 0.3) is 5.57 Å². The molecule has 0 bridgehead atoms. The Kier molecular flexibility index (Phi) is 4.34. The fourth-order valence-electron chi connectivity index (χ4n) is 3.91. The number of likely N-dealkylation sites (N-methyl/N-ethyl adjacent to an activating group) is 1. The van der Waals surface area contributed by atoms with Crippen molar-refractivity contribution in [1.82, 2.24) is 0 Å². The maximum atomic E-state index is 4.68. The summed E-state index contributed by atoms with van der Waals surface area (Å²) >= 11 is 0. The number of allylic oxidation sites excluding steroid dienone is 4. The molecular weight excluding hydrogens is 328 g/mol. The number of halogens is 1. The van der Waals surface area contributed by atoms with E-state index in [4.69, 9.17) is 0 Å². The number of para-hydroxylation sites is 2. The molecule has 0 amide bonds. The Balaban J connectivity index is 0.00000182. The molecule has 2 nitrogen and oxygen atoms in total. The van der Waals surface area contributed by atoms with E-state index in [0.29, 0.717) is 0 Å². The van der Waals surface area contributed by atoms with Crippen LogP contribution in [0, 0.1) is 0 Å². The molecule has 0 fully saturated rings. The minimum Gasteiger partial charge on any atom is -0.347 e. The van der Waals surface area contributed by atoms with Gasteiger partial charge in [0, 0.05) is 40.7 Å². The van der Waals surface area contributed by atoms with Crippen molar-refractivity contribution in [2.75, 3.05) is 11.9 Å². The van der Waals surface area contributed by atoms with Crippen LogP contribution in [0.3, 0.4) is 0 Å². The van der Waals surface area contributed by atoms with Gasteiger partial charge < -0.3 is 4.90 Å². The smallest absolute Gasteiger partial charge is 0.0712 e. The zero-order chi connectivity index (χ0) is 16.9. The van der Waals surface area contributed by atoms with Gasteiger partial charge in [-0.3, -0.25) is 4.99 Å². The molecule has 25 heavy (non-hydrogen) atoms. The molecule has 0 aliphatic carbocycles. The first-order chi connectivity index (χ1) is 11.5. The number of fused-ring (bicyclic) bond motifs is 2.